The summed E-state index contributed by atoms with van der Waals surface area (Å²) in [5.74, 6) is 0. The molecule has 0 spiro atoms. The van der Waals surface area contributed by atoms with Crippen LogP contribution in [0.1, 0.15) is 12.0 Å². The van der Waals surface area contributed by atoms with Crippen LogP contribution in [0.15, 0.2) is 30.3 Å². The Hall–Kier alpha value is -0.723. The summed E-state index contributed by atoms with van der Waals surface area (Å²) in [5, 5.41) is 0. The van der Waals surface area contributed by atoms with Crippen LogP contribution in [-0.2, 0) is 19.7 Å². The van der Waals surface area contributed by atoms with Gasteiger partial charge in [-0.3, -0.25) is 0 Å². The smallest absolute Gasteiger partial charge is 0.377 e. The highest BCUT2D eigenvalue weighted by atomic mass is 28.4. The molecular weight excluding hydrogens is 246 g/mol. The molecule has 102 valence electrons. The third kappa shape index (κ3) is 4.87. The molecule has 5 heteroatoms. The van der Waals surface area contributed by atoms with Crippen LogP contribution in [0.5, 0.6) is 0 Å². The van der Waals surface area contributed by atoms with Crippen LogP contribution in [-0.4, -0.2) is 36.2 Å². The largest absolute Gasteiger partial charge is 0.500 e. The zero-order valence-corrected chi connectivity index (χ0v) is 12.2. The summed E-state index contributed by atoms with van der Waals surface area (Å²) in [6.07, 6.45) is 1.73. The Labute approximate surface area is 110 Å². The molecular formula is C13H23NO3Si. The first-order chi connectivity index (χ1) is 8.76. The molecule has 0 aliphatic carbocycles. The van der Waals surface area contributed by atoms with Gasteiger partial charge in [-0.1, -0.05) is 30.3 Å². The lowest BCUT2D eigenvalue weighted by molar-refractivity contribution is 0.0990. The lowest BCUT2D eigenvalue weighted by Gasteiger charge is -2.26. The van der Waals surface area contributed by atoms with Gasteiger partial charge in [0, 0.05) is 26.9 Å². The van der Waals surface area contributed by atoms with Gasteiger partial charge in [0.25, 0.3) is 0 Å². The Morgan fingerprint density at radius 3 is 2.33 bits per heavy atom. The Kier molecular flexibility index (Phi) is 7.15. The maximum atomic E-state index is 5.87. The van der Waals surface area contributed by atoms with Gasteiger partial charge in [0.2, 0.25) is 0 Å². The minimum absolute atomic E-state index is 0.614. The molecule has 1 rings (SSSR count). The molecule has 1 aromatic rings. The molecule has 2 N–H and O–H groups in total. The lowest BCUT2D eigenvalue weighted by Crippen LogP contribution is -2.44. The Balaban J connectivity index is 2.42. The normalized spacial score (nSPS) is 11.7. The van der Waals surface area contributed by atoms with Crippen molar-refractivity contribution in [3.63, 3.8) is 0 Å². The van der Waals surface area contributed by atoms with Crippen molar-refractivity contribution in [1.82, 2.24) is 0 Å². The van der Waals surface area contributed by atoms with Crippen molar-refractivity contribution in [3.8, 4) is 0 Å². The van der Waals surface area contributed by atoms with Crippen molar-refractivity contribution in [2.24, 2.45) is 5.73 Å². The third-order valence-corrected chi connectivity index (χ3v) is 5.72. The molecule has 0 bridgehead atoms. The minimum Gasteiger partial charge on any atom is -0.377 e. The van der Waals surface area contributed by atoms with E-state index in [-0.39, 0.29) is 0 Å². The van der Waals surface area contributed by atoms with E-state index in [1.807, 2.05) is 18.2 Å². The highest BCUT2D eigenvalue weighted by Crippen LogP contribution is 2.16. The molecule has 0 radical (unpaired) electrons. The Bertz CT molecular complexity index is 317. The van der Waals surface area contributed by atoms with Gasteiger partial charge in [0.1, 0.15) is 0 Å². The molecule has 0 saturated carbocycles. The monoisotopic (exact) mass is 269 g/mol. The van der Waals surface area contributed by atoms with Gasteiger partial charge in [-0.2, -0.15) is 0 Å². The van der Waals surface area contributed by atoms with Crippen LogP contribution in [0.2, 0.25) is 6.04 Å². The molecule has 1 aromatic carbocycles. The van der Waals surface area contributed by atoms with Crippen molar-refractivity contribution >= 4 is 8.80 Å². The SMILES string of the molecule is CO[Si](CCCN)(OC)OCCc1ccccc1. The first-order valence-electron chi connectivity index (χ1n) is 6.24. The summed E-state index contributed by atoms with van der Waals surface area (Å²) in [4.78, 5) is 0. The molecule has 0 fully saturated rings. The molecule has 4 nitrogen and oxygen atoms in total. The van der Waals surface area contributed by atoms with Gasteiger partial charge in [0.15, 0.2) is 0 Å². The molecule has 0 heterocycles. The second kappa shape index (κ2) is 8.39. The van der Waals surface area contributed by atoms with E-state index in [9.17, 15) is 0 Å². The van der Waals surface area contributed by atoms with E-state index in [0.29, 0.717) is 13.2 Å². The fourth-order valence-electron chi connectivity index (χ4n) is 1.77. The Morgan fingerprint density at radius 2 is 1.78 bits per heavy atom. The van der Waals surface area contributed by atoms with Gasteiger partial charge < -0.3 is 19.0 Å². The standard InChI is InChI=1S/C13H23NO3Si/c1-15-18(16-2,12-6-10-14)17-11-9-13-7-4-3-5-8-13/h3-5,7-8H,6,9-12,14H2,1-2H3. The zero-order valence-electron chi connectivity index (χ0n) is 11.2. The quantitative estimate of drug-likeness (QED) is 0.695. The van der Waals surface area contributed by atoms with Crippen molar-refractivity contribution in [3.05, 3.63) is 35.9 Å². The molecule has 0 aliphatic rings. The van der Waals surface area contributed by atoms with Crippen LogP contribution in [0, 0.1) is 0 Å². The minimum atomic E-state index is -2.50. The van der Waals surface area contributed by atoms with E-state index in [1.165, 1.54) is 5.56 Å². The molecule has 18 heavy (non-hydrogen) atoms. The molecule has 0 aromatic heterocycles. The van der Waals surface area contributed by atoms with Crippen molar-refractivity contribution in [2.75, 3.05) is 27.4 Å². The fraction of sp³-hybridized carbons (Fsp3) is 0.538. The number of hydrogen-bond donors (Lipinski definition) is 1. The molecule has 0 aliphatic heterocycles. The fourth-order valence-corrected chi connectivity index (χ4v) is 3.77. The molecule has 0 unspecified atom stereocenters. The summed E-state index contributed by atoms with van der Waals surface area (Å²) in [7, 11) is 0.797. The first-order valence-corrected chi connectivity index (χ1v) is 8.18. The van der Waals surface area contributed by atoms with Crippen molar-refractivity contribution < 1.29 is 13.3 Å². The predicted octanol–water partition coefficient (Wildman–Crippen LogP) is 1.83. The van der Waals surface area contributed by atoms with Crippen LogP contribution >= 0.6 is 0 Å². The van der Waals surface area contributed by atoms with Gasteiger partial charge in [-0.25, -0.2) is 0 Å². The van der Waals surface area contributed by atoms with Gasteiger partial charge in [0.05, 0.1) is 0 Å². The molecule has 0 amide bonds. The average Bonchev–Trinajstić information content (AvgIpc) is 2.44. The summed E-state index contributed by atoms with van der Waals surface area (Å²) < 4.78 is 16.8. The van der Waals surface area contributed by atoms with E-state index < -0.39 is 8.80 Å². The van der Waals surface area contributed by atoms with E-state index in [0.717, 1.165) is 18.9 Å². The number of hydrogen-bond acceptors (Lipinski definition) is 4. The van der Waals surface area contributed by atoms with Crippen molar-refractivity contribution in [1.29, 1.82) is 0 Å². The number of rotatable bonds is 9. The average molecular weight is 269 g/mol. The van der Waals surface area contributed by atoms with E-state index in [2.05, 4.69) is 12.1 Å². The highest BCUT2D eigenvalue weighted by Gasteiger charge is 2.37. The van der Waals surface area contributed by atoms with Crippen LogP contribution in [0.25, 0.3) is 0 Å². The van der Waals surface area contributed by atoms with Crippen LogP contribution in [0.3, 0.4) is 0 Å². The first kappa shape index (κ1) is 15.3. The molecule has 0 saturated heterocycles. The van der Waals surface area contributed by atoms with E-state index in [4.69, 9.17) is 19.0 Å². The third-order valence-electron chi connectivity index (χ3n) is 2.86. The van der Waals surface area contributed by atoms with Crippen molar-refractivity contribution in [2.45, 2.75) is 18.9 Å². The second-order valence-electron chi connectivity index (χ2n) is 4.07. The second-order valence-corrected chi connectivity index (χ2v) is 7.04. The lowest BCUT2D eigenvalue weighted by atomic mass is 10.2. The highest BCUT2D eigenvalue weighted by molar-refractivity contribution is 6.60. The number of benzene rings is 1. The van der Waals surface area contributed by atoms with Crippen LogP contribution < -0.4 is 5.73 Å². The summed E-state index contributed by atoms with van der Waals surface area (Å²) >= 11 is 0. The predicted molar refractivity (Wildman–Crippen MR) is 74.3 cm³/mol. The van der Waals surface area contributed by atoms with E-state index in [1.54, 1.807) is 14.2 Å². The van der Waals surface area contributed by atoms with Gasteiger partial charge in [-0.15, -0.1) is 0 Å². The summed E-state index contributed by atoms with van der Waals surface area (Å²) in [6.45, 7) is 1.24. The Morgan fingerprint density at radius 1 is 1.11 bits per heavy atom. The summed E-state index contributed by atoms with van der Waals surface area (Å²) in [5.41, 5.74) is 6.78. The van der Waals surface area contributed by atoms with Gasteiger partial charge in [-0.05, 0) is 24.9 Å². The van der Waals surface area contributed by atoms with Gasteiger partial charge >= 0.3 is 8.80 Å². The number of nitrogens with two attached hydrogens (primary N) is 1. The maximum Gasteiger partial charge on any atom is 0.500 e. The maximum absolute atomic E-state index is 5.87. The topological polar surface area (TPSA) is 53.7 Å². The molecule has 0 atom stereocenters. The van der Waals surface area contributed by atoms with Crippen LogP contribution in [0.4, 0.5) is 0 Å². The zero-order chi connectivity index (χ0) is 13.3. The van der Waals surface area contributed by atoms with E-state index >= 15 is 0 Å². The summed E-state index contributed by atoms with van der Waals surface area (Å²) in [6, 6.07) is 11.0.